The smallest absolute Gasteiger partial charge is 0.255 e. The van der Waals surface area contributed by atoms with E-state index < -0.39 is 0 Å². The first-order valence-corrected chi connectivity index (χ1v) is 7.80. The molecule has 3 aromatic rings. The standard InChI is InChI=1S/C17H18N4O2/c22-17(13-3-4-16-12(8-13)5-6-18-16)20-14-9-19-21(10-14)11-15-2-1-7-23-15/h3-6,8-10,15,18H,1-2,7,11H2,(H,20,22). The molecule has 0 spiro atoms. The Labute approximate surface area is 133 Å². The average Bonchev–Trinajstić information content (AvgIpc) is 3.28. The molecule has 6 heteroatoms. The number of rotatable bonds is 4. The molecule has 1 aliphatic heterocycles. The second-order valence-corrected chi connectivity index (χ2v) is 5.82. The predicted molar refractivity (Wildman–Crippen MR) is 87.5 cm³/mol. The minimum atomic E-state index is -0.134. The van der Waals surface area contributed by atoms with Gasteiger partial charge in [-0.2, -0.15) is 5.10 Å². The lowest BCUT2D eigenvalue weighted by molar-refractivity contribution is 0.0940. The van der Waals surface area contributed by atoms with Crippen LogP contribution in [0.15, 0.2) is 42.9 Å². The van der Waals surface area contributed by atoms with Gasteiger partial charge < -0.3 is 15.0 Å². The maximum absolute atomic E-state index is 12.4. The van der Waals surface area contributed by atoms with E-state index in [2.05, 4.69) is 15.4 Å². The van der Waals surface area contributed by atoms with E-state index in [1.54, 1.807) is 6.20 Å². The molecule has 2 N–H and O–H groups in total. The summed E-state index contributed by atoms with van der Waals surface area (Å²) in [6, 6.07) is 7.54. The van der Waals surface area contributed by atoms with E-state index in [1.807, 2.05) is 41.3 Å². The summed E-state index contributed by atoms with van der Waals surface area (Å²) in [5.74, 6) is -0.134. The van der Waals surface area contributed by atoms with Gasteiger partial charge in [0, 0.05) is 35.5 Å². The molecular weight excluding hydrogens is 292 g/mol. The van der Waals surface area contributed by atoms with E-state index in [0.29, 0.717) is 11.3 Å². The van der Waals surface area contributed by atoms with Crippen molar-refractivity contribution in [3.63, 3.8) is 0 Å². The van der Waals surface area contributed by atoms with Crippen molar-refractivity contribution in [3.8, 4) is 0 Å². The third kappa shape index (κ3) is 2.98. The number of H-pyrrole nitrogens is 1. The SMILES string of the molecule is O=C(Nc1cnn(CC2CCCO2)c1)c1ccc2[nH]ccc2c1. The third-order valence-electron chi connectivity index (χ3n) is 4.12. The fourth-order valence-corrected chi connectivity index (χ4v) is 2.92. The van der Waals surface area contributed by atoms with Crippen molar-refractivity contribution < 1.29 is 9.53 Å². The van der Waals surface area contributed by atoms with Crippen LogP contribution >= 0.6 is 0 Å². The van der Waals surface area contributed by atoms with E-state index in [-0.39, 0.29) is 12.0 Å². The lowest BCUT2D eigenvalue weighted by Crippen LogP contribution is -2.15. The van der Waals surface area contributed by atoms with E-state index in [1.165, 1.54) is 0 Å². The first-order valence-electron chi connectivity index (χ1n) is 7.80. The molecule has 118 valence electrons. The average molecular weight is 310 g/mol. The van der Waals surface area contributed by atoms with Crippen molar-refractivity contribution in [3.05, 3.63) is 48.4 Å². The van der Waals surface area contributed by atoms with Gasteiger partial charge in [0.1, 0.15) is 0 Å². The molecule has 2 aromatic heterocycles. The number of aromatic amines is 1. The Bertz CT molecular complexity index is 830. The molecule has 23 heavy (non-hydrogen) atoms. The molecule has 1 aromatic carbocycles. The summed E-state index contributed by atoms with van der Waals surface area (Å²) in [7, 11) is 0. The summed E-state index contributed by atoms with van der Waals surface area (Å²) in [4.78, 5) is 15.5. The van der Waals surface area contributed by atoms with Crippen LogP contribution in [0.2, 0.25) is 0 Å². The minimum absolute atomic E-state index is 0.134. The Hall–Kier alpha value is -2.60. The fraction of sp³-hybridized carbons (Fsp3) is 0.294. The van der Waals surface area contributed by atoms with Crippen molar-refractivity contribution in [1.82, 2.24) is 14.8 Å². The van der Waals surface area contributed by atoms with Gasteiger partial charge in [-0.1, -0.05) is 0 Å². The first-order chi connectivity index (χ1) is 11.3. The summed E-state index contributed by atoms with van der Waals surface area (Å²) in [5.41, 5.74) is 2.34. The zero-order valence-electron chi connectivity index (χ0n) is 12.7. The molecule has 4 rings (SSSR count). The number of aromatic nitrogens is 3. The molecule has 0 bridgehead atoms. The summed E-state index contributed by atoms with van der Waals surface area (Å²) in [5, 5.41) is 8.19. The van der Waals surface area contributed by atoms with Crippen LogP contribution in [0.1, 0.15) is 23.2 Å². The molecule has 0 aliphatic carbocycles. The quantitative estimate of drug-likeness (QED) is 0.778. The van der Waals surface area contributed by atoms with Gasteiger partial charge in [-0.15, -0.1) is 0 Å². The summed E-state index contributed by atoms with van der Waals surface area (Å²) in [6.45, 7) is 1.56. The van der Waals surface area contributed by atoms with Gasteiger partial charge in [-0.25, -0.2) is 0 Å². The molecule has 1 fully saturated rings. The highest BCUT2D eigenvalue weighted by atomic mass is 16.5. The highest BCUT2D eigenvalue weighted by Crippen LogP contribution is 2.17. The van der Waals surface area contributed by atoms with Gasteiger partial charge in [0.05, 0.1) is 24.5 Å². The summed E-state index contributed by atoms with van der Waals surface area (Å²) < 4.78 is 7.42. The van der Waals surface area contributed by atoms with Gasteiger partial charge in [0.15, 0.2) is 0 Å². The van der Waals surface area contributed by atoms with Gasteiger partial charge >= 0.3 is 0 Å². The predicted octanol–water partition coefficient (Wildman–Crippen LogP) is 2.80. The molecule has 1 saturated heterocycles. The molecule has 6 nitrogen and oxygen atoms in total. The fourth-order valence-electron chi connectivity index (χ4n) is 2.92. The lowest BCUT2D eigenvalue weighted by Gasteiger charge is -2.08. The Morgan fingerprint density at radius 3 is 3.26 bits per heavy atom. The maximum atomic E-state index is 12.4. The molecule has 0 radical (unpaired) electrons. The second-order valence-electron chi connectivity index (χ2n) is 5.82. The number of carbonyl (C=O) groups excluding carboxylic acids is 1. The maximum Gasteiger partial charge on any atom is 0.255 e. The molecule has 1 atom stereocenters. The number of hydrogen-bond acceptors (Lipinski definition) is 3. The van der Waals surface area contributed by atoms with Gasteiger partial charge in [-0.3, -0.25) is 9.48 Å². The minimum Gasteiger partial charge on any atom is -0.376 e. The van der Waals surface area contributed by atoms with Gasteiger partial charge in [0.25, 0.3) is 5.91 Å². The monoisotopic (exact) mass is 310 g/mol. The molecule has 1 unspecified atom stereocenters. The Morgan fingerprint density at radius 2 is 2.39 bits per heavy atom. The van der Waals surface area contributed by atoms with Crippen LogP contribution < -0.4 is 5.32 Å². The zero-order valence-corrected chi connectivity index (χ0v) is 12.7. The van der Waals surface area contributed by atoms with Crippen LogP contribution in [0.5, 0.6) is 0 Å². The van der Waals surface area contributed by atoms with E-state index >= 15 is 0 Å². The molecule has 1 amide bonds. The van der Waals surface area contributed by atoms with Crippen molar-refractivity contribution >= 4 is 22.5 Å². The molecule has 3 heterocycles. The Morgan fingerprint density at radius 1 is 1.43 bits per heavy atom. The normalized spacial score (nSPS) is 17.7. The van der Waals surface area contributed by atoms with Gasteiger partial charge in [0.2, 0.25) is 0 Å². The van der Waals surface area contributed by atoms with Crippen LogP contribution in [-0.4, -0.2) is 33.4 Å². The Kier molecular flexibility index (Phi) is 3.59. The molecular formula is C17H18N4O2. The van der Waals surface area contributed by atoms with E-state index in [4.69, 9.17) is 4.74 Å². The number of amides is 1. The third-order valence-corrected chi connectivity index (χ3v) is 4.12. The van der Waals surface area contributed by atoms with E-state index in [0.717, 1.165) is 36.9 Å². The Balaban J connectivity index is 1.44. The summed E-state index contributed by atoms with van der Waals surface area (Å²) >= 11 is 0. The lowest BCUT2D eigenvalue weighted by atomic mass is 10.1. The highest BCUT2D eigenvalue weighted by Gasteiger charge is 2.16. The number of nitrogens with one attached hydrogen (secondary N) is 2. The largest absolute Gasteiger partial charge is 0.376 e. The second kappa shape index (κ2) is 5.89. The number of anilines is 1. The van der Waals surface area contributed by atoms with Crippen molar-refractivity contribution in [1.29, 1.82) is 0 Å². The van der Waals surface area contributed by atoms with E-state index in [9.17, 15) is 4.79 Å². The van der Waals surface area contributed by atoms with Crippen LogP contribution in [0.4, 0.5) is 5.69 Å². The number of carbonyl (C=O) groups is 1. The van der Waals surface area contributed by atoms with Crippen LogP contribution in [0, 0.1) is 0 Å². The van der Waals surface area contributed by atoms with Crippen LogP contribution in [-0.2, 0) is 11.3 Å². The number of nitrogens with zero attached hydrogens (tertiary/aromatic N) is 2. The number of benzene rings is 1. The van der Waals surface area contributed by atoms with Gasteiger partial charge in [-0.05, 0) is 37.1 Å². The topological polar surface area (TPSA) is 71.9 Å². The summed E-state index contributed by atoms with van der Waals surface area (Å²) in [6.07, 6.45) is 7.78. The van der Waals surface area contributed by atoms with Crippen LogP contribution in [0.3, 0.4) is 0 Å². The van der Waals surface area contributed by atoms with Crippen molar-refractivity contribution in [2.75, 3.05) is 11.9 Å². The number of ether oxygens (including phenoxy) is 1. The van der Waals surface area contributed by atoms with Crippen LogP contribution in [0.25, 0.3) is 10.9 Å². The number of fused-ring (bicyclic) bond motifs is 1. The van der Waals surface area contributed by atoms with Crippen molar-refractivity contribution in [2.24, 2.45) is 0 Å². The van der Waals surface area contributed by atoms with Crippen molar-refractivity contribution in [2.45, 2.75) is 25.5 Å². The first kappa shape index (κ1) is 14.0. The number of hydrogen-bond donors (Lipinski definition) is 2. The molecule has 0 saturated carbocycles. The molecule has 1 aliphatic rings. The highest BCUT2D eigenvalue weighted by molar-refractivity contribution is 6.06. The zero-order chi connectivity index (χ0) is 15.6.